The number of hydrogen-bond donors (Lipinski definition) is 1. The third-order valence-electron chi connectivity index (χ3n) is 4.09. The fraction of sp³-hybridized carbons (Fsp3) is 0.0435. The Morgan fingerprint density at radius 3 is 2.04 bits per heavy atom. The van der Waals surface area contributed by atoms with Gasteiger partial charge in [0.2, 0.25) is 0 Å². The molecule has 3 rings (SSSR count). The number of phenols is 1. The maximum atomic E-state index is 12.5. The number of carbonyl (C=O) groups excluding carboxylic acids is 2. The molecular weight excluding hydrogens is 324 g/mol. The molecule has 0 saturated carbocycles. The molecule has 0 saturated heterocycles. The van der Waals surface area contributed by atoms with E-state index in [1.807, 2.05) is 12.1 Å². The highest BCUT2D eigenvalue weighted by Crippen LogP contribution is 2.24. The second-order valence-electron chi connectivity index (χ2n) is 5.87. The predicted octanol–water partition coefficient (Wildman–Crippen LogP) is 4.71. The molecule has 0 spiro atoms. The van der Waals surface area contributed by atoms with E-state index >= 15 is 0 Å². The summed E-state index contributed by atoms with van der Waals surface area (Å²) in [6.07, 6.45) is 3.17. The first-order chi connectivity index (χ1) is 12.6. The number of phenolic OH excluding ortho intramolecular Hbond substituents is 1. The number of ketones is 2. The van der Waals surface area contributed by atoms with Gasteiger partial charge in [-0.05, 0) is 17.7 Å². The molecule has 0 aromatic heterocycles. The van der Waals surface area contributed by atoms with Gasteiger partial charge in [-0.2, -0.15) is 0 Å². The van der Waals surface area contributed by atoms with Gasteiger partial charge in [0.1, 0.15) is 5.75 Å². The topological polar surface area (TPSA) is 54.4 Å². The summed E-state index contributed by atoms with van der Waals surface area (Å²) >= 11 is 0. The molecule has 3 nitrogen and oxygen atoms in total. The average molecular weight is 342 g/mol. The predicted molar refractivity (Wildman–Crippen MR) is 102 cm³/mol. The van der Waals surface area contributed by atoms with Crippen LogP contribution in [-0.4, -0.2) is 16.7 Å². The highest BCUT2D eigenvalue weighted by atomic mass is 16.3. The first kappa shape index (κ1) is 17.4. The van der Waals surface area contributed by atoms with E-state index in [-0.39, 0.29) is 23.7 Å². The summed E-state index contributed by atoms with van der Waals surface area (Å²) in [5, 5.41) is 10.2. The van der Waals surface area contributed by atoms with Gasteiger partial charge >= 0.3 is 0 Å². The molecule has 0 aliphatic heterocycles. The lowest BCUT2D eigenvalue weighted by molar-refractivity contribution is 0.0991. The van der Waals surface area contributed by atoms with Crippen molar-refractivity contribution in [2.75, 3.05) is 0 Å². The van der Waals surface area contributed by atoms with Crippen molar-refractivity contribution in [2.24, 2.45) is 0 Å². The Labute approximate surface area is 152 Å². The number of Topliss-reactive ketones (excluding diaryl/α,β-unsaturated/α-hetero) is 1. The summed E-state index contributed by atoms with van der Waals surface area (Å²) in [5.74, 6) is -0.172. The first-order valence-electron chi connectivity index (χ1n) is 8.32. The molecule has 0 unspecified atom stereocenters. The van der Waals surface area contributed by atoms with E-state index in [9.17, 15) is 14.7 Å². The third-order valence-corrected chi connectivity index (χ3v) is 4.09. The van der Waals surface area contributed by atoms with Gasteiger partial charge in [-0.25, -0.2) is 0 Å². The Hall–Kier alpha value is -3.46. The number of rotatable bonds is 6. The zero-order chi connectivity index (χ0) is 18.4. The van der Waals surface area contributed by atoms with Crippen molar-refractivity contribution < 1.29 is 14.7 Å². The van der Waals surface area contributed by atoms with Crippen LogP contribution in [0.25, 0.3) is 6.08 Å². The van der Waals surface area contributed by atoms with Crippen molar-refractivity contribution >= 4 is 17.6 Å². The fourth-order valence-corrected chi connectivity index (χ4v) is 2.69. The number of aromatic hydroxyl groups is 1. The zero-order valence-corrected chi connectivity index (χ0v) is 14.1. The number of carbonyl (C=O) groups is 2. The van der Waals surface area contributed by atoms with Crippen LogP contribution in [0.2, 0.25) is 0 Å². The quantitative estimate of drug-likeness (QED) is 0.521. The standard InChI is InChI=1S/C23H18O3/c24-21(18-8-3-1-4-9-18)15-14-17-12-7-13-22(25)20(17)16-23(26)19-10-5-2-6-11-19/h1-15,25H,16H2. The van der Waals surface area contributed by atoms with Crippen LogP contribution in [0.4, 0.5) is 0 Å². The molecule has 0 bridgehead atoms. The van der Waals surface area contributed by atoms with E-state index in [1.54, 1.807) is 72.8 Å². The summed E-state index contributed by atoms with van der Waals surface area (Å²) < 4.78 is 0. The van der Waals surface area contributed by atoms with Gasteiger partial charge in [0.05, 0.1) is 0 Å². The van der Waals surface area contributed by atoms with E-state index in [0.717, 1.165) is 0 Å². The lowest BCUT2D eigenvalue weighted by Gasteiger charge is -2.08. The van der Waals surface area contributed by atoms with Crippen LogP contribution < -0.4 is 0 Å². The van der Waals surface area contributed by atoms with Crippen molar-refractivity contribution in [3.05, 3.63) is 107 Å². The van der Waals surface area contributed by atoms with Gasteiger partial charge in [0.15, 0.2) is 11.6 Å². The second kappa shape index (κ2) is 8.08. The smallest absolute Gasteiger partial charge is 0.185 e. The molecule has 1 N–H and O–H groups in total. The minimum absolute atomic E-state index is 0.0450. The van der Waals surface area contributed by atoms with E-state index in [0.29, 0.717) is 22.3 Å². The Morgan fingerprint density at radius 2 is 1.38 bits per heavy atom. The summed E-state index contributed by atoms with van der Waals surface area (Å²) in [6, 6.07) is 22.9. The highest BCUT2D eigenvalue weighted by Gasteiger charge is 2.13. The van der Waals surface area contributed by atoms with E-state index in [4.69, 9.17) is 0 Å². The summed E-state index contributed by atoms with van der Waals surface area (Å²) in [5.41, 5.74) is 2.34. The molecule has 0 aliphatic carbocycles. The summed E-state index contributed by atoms with van der Waals surface area (Å²) in [4.78, 5) is 24.7. The van der Waals surface area contributed by atoms with Crippen LogP contribution in [0.1, 0.15) is 31.8 Å². The Bertz CT molecular complexity index is 942. The van der Waals surface area contributed by atoms with Crippen molar-refractivity contribution in [1.82, 2.24) is 0 Å². The molecule has 0 atom stereocenters. The average Bonchev–Trinajstić information content (AvgIpc) is 2.69. The third kappa shape index (κ3) is 4.14. The van der Waals surface area contributed by atoms with Crippen molar-refractivity contribution in [3.63, 3.8) is 0 Å². The normalized spacial score (nSPS) is 10.8. The van der Waals surface area contributed by atoms with Gasteiger partial charge in [-0.3, -0.25) is 9.59 Å². The monoisotopic (exact) mass is 342 g/mol. The summed E-state index contributed by atoms with van der Waals surface area (Å²) in [7, 11) is 0. The van der Waals surface area contributed by atoms with Gasteiger partial charge in [-0.1, -0.05) is 78.9 Å². The van der Waals surface area contributed by atoms with E-state index < -0.39 is 0 Å². The zero-order valence-electron chi connectivity index (χ0n) is 14.1. The maximum absolute atomic E-state index is 12.5. The van der Waals surface area contributed by atoms with Crippen LogP contribution in [0, 0.1) is 0 Å². The molecule has 0 radical (unpaired) electrons. The number of hydrogen-bond acceptors (Lipinski definition) is 3. The van der Waals surface area contributed by atoms with Gasteiger partial charge in [0, 0.05) is 23.1 Å². The molecule has 3 heteroatoms. The SMILES string of the molecule is O=C(C=Cc1cccc(O)c1CC(=O)c1ccccc1)c1ccccc1. The molecule has 26 heavy (non-hydrogen) atoms. The van der Waals surface area contributed by atoms with Crippen LogP contribution in [-0.2, 0) is 6.42 Å². The van der Waals surface area contributed by atoms with Crippen LogP contribution in [0.3, 0.4) is 0 Å². The van der Waals surface area contributed by atoms with Crippen molar-refractivity contribution in [1.29, 1.82) is 0 Å². The number of allylic oxidation sites excluding steroid dienone is 1. The molecule has 0 fully saturated rings. The molecule has 3 aromatic carbocycles. The van der Waals surface area contributed by atoms with E-state index in [2.05, 4.69) is 0 Å². The first-order valence-corrected chi connectivity index (χ1v) is 8.32. The molecule has 0 amide bonds. The maximum Gasteiger partial charge on any atom is 0.185 e. The molecule has 0 aliphatic rings. The van der Waals surface area contributed by atoms with Crippen LogP contribution >= 0.6 is 0 Å². The molecule has 128 valence electrons. The largest absolute Gasteiger partial charge is 0.508 e. The number of benzene rings is 3. The molecule has 0 heterocycles. The Morgan fingerprint density at radius 1 is 0.769 bits per heavy atom. The van der Waals surface area contributed by atoms with Gasteiger partial charge < -0.3 is 5.11 Å². The summed E-state index contributed by atoms with van der Waals surface area (Å²) in [6.45, 7) is 0. The minimum Gasteiger partial charge on any atom is -0.508 e. The van der Waals surface area contributed by atoms with Crippen LogP contribution in [0.5, 0.6) is 5.75 Å². The Kier molecular flexibility index (Phi) is 5.40. The lowest BCUT2D eigenvalue weighted by atomic mass is 9.97. The van der Waals surface area contributed by atoms with Crippen molar-refractivity contribution in [2.45, 2.75) is 6.42 Å². The van der Waals surface area contributed by atoms with Gasteiger partial charge in [-0.15, -0.1) is 0 Å². The van der Waals surface area contributed by atoms with Crippen molar-refractivity contribution in [3.8, 4) is 5.75 Å². The second-order valence-corrected chi connectivity index (χ2v) is 5.87. The fourth-order valence-electron chi connectivity index (χ4n) is 2.69. The minimum atomic E-state index is -0.130. The Balaban J connectivity index is 1.85. The van der Waals surface area contributed by atoms with Gasteiger partial charge in [0.25, 0.3) is 0 Å². The van der Waals surface area contributed by atoms with E-state index in [1.165, 1.54) is 6.08 Å². The molecular formula is C23H18O3. The van der Waals surface area contributed by atoms with Crippen LogP contribution in [0.15, 0.2) is 84.9 Å². The molecule has 3 aromatic rings. The lowest BCUT2D eigenvalue weighted by Crippen LogP contribution is -2.05. The highest BCUT2D eigenvalue weighted by molar-refractivity contribution is 6.07.